The lowest BCUT2D eigenvalue weighted by Gasteiger charge is -2.12. The van der Waals surface area contributed by atoms with Crippen LogP contribution >= 0.6 is 0 Å². The van der Waals surface area contributed by atoms with Gasteiger partial charge in [-0.25, -0.2) is 14.8 Å². The third-order valence-corrected chi connectivity index (χ3v) is 3.66. The molecule has 5 nitrogen and oxygen atoms in total. The fourth-order valence-corrected chi connectivity index (χ4v) is 2.56. The minimum Gasteiger partial charge on any atom is -0.476 e. The Balaban J connectivity index is 2.23. The molecule has 3 rings (SSSR count). The van der Waals surface area contributed by atoms with E-state index < -0.39 is 17.7 Å². The van der Waals surface area contributed by atoms with Gasteiger partial charge in [0.25, 0.3) is 0 Å². The molecule has 0 bridgehead atoms. The number of alkyl halides is 3. The SMILES string of the molecule is CCc1c(C(=O)O)nc(-c2ccc(C(F)(F)F)cc2)c2nccn12. The Bertz CT molecular complexity index is 915. The summed E-state index contributed by atoms with van der Waals surface area (Å²) in [7, 11) is 0. The topological polar surface area (TPSA) is 67.5 Å². The lowest BCUT2D eigenvalue weighted by molar-refractivity contribution is -0.137. The first-order valence-electron chi connectivity index (χ1n) is 7.09. The Morgan fingerprint density at radius 3 is 2.46 bits per heavy atom. The molecule has 0 saturated heterocycles. The van der Waals surface area contributed by atoms with E-state index >= 15 is 0 Å². The first kappa shape index (κ1) is 16.0. The highest BCUT2D eigenvalue weighted by Gasteiger charge is 2.30. The monoisotopic (exact) mass is 335 g/mol. The number of hydrogen-bond acceptors (Lipinski definition) is 3. The maximum atomic E-state index is 12.7. The normalized spacial score (nSPS) is 11.8. The number of imidazole rings is 1. The standard InChI is InChI=1S/C16H12F3N3O2/c1-2-11-13(15(23)24)21-12(14-20-7-8-22(11)14)9-3-5-10(6-4-9)16(17,18)19/h3-8H,2H2,1H3,(H,23,24). The average Bonchev–Trinajstić information content (AvgIpc) is 3.01. The van der Waals surface area contributed by atoms with Gasteiger partial charge >= 0.3 is 12.1 Å². The van der Waals surface area contributed by atoms with Crippen LogP contribution in [0.2, 0.25) is 0 Å². The minimum absolute atomic E-state index is 0.141. The molecule has 8 heteroatoms. The van der Waals surface area contributed by atoms with E-state index in [1.807, 2.05) is 0 Å². The second kappa shape index (κ2) is 5.63. The van der Waals surface area contributed by atoms with Gasteiger partial charge in [0.2, 0.25) is 0 Å². The Morgan fingerprint density at radius 1 is 1.25 bits per heavy atom. The van der Waals surface area contributed by atoms with Crippen molar-refractivity contribution in [2.45, 2.75) is 19.5 Å². The molecule has 2 aromatic heterocycles. The molecule has 3 aromatic rings. The molecule has 0 amide bonds. The highest BCUT2D eigenvalue weighted by molar-refractivity contribution is 5.89. The van der Waals surface area contributed by atoms with Crippen LogP contribution in [0.15, 0.2) is 36.7 Å². The lowest BCUT2D eigenvalue weighted by atomic mass is 10.1. The van der Waals surface area contributed by atoms with Gasteiger partial charge in [0.05, 0.1) is 11.3 Å². The van der Waals surface area contributed by atoms with Crippen molar-refractivity contribution in [1.82, 2.24) is 14.4 Å². The van der Waals surface area contributed by atoms with Crippen LogP contribution in [0, 0.1) is 0 Å². The molecular formula is C16H12F3N3O2. The summed E-state index contributed by atoms with van der Waals surface area (Å²) < 4.78 is 39.7. The highest BCUT2D eigenvalue weighted by Crippen LogP contribution is 2.31. The van der Waals surface area contributed by atoms with Crippen molar-refractivity contribution in [3.05, 3.63) is 53.6 Å². The van der Waals surface area contributed by atoms with E-state index in [0.29, 0.717) is 23.3 Å². The average molecular weight is 335 g/mol. The maximum Gasteiger partial charge on any atom is 0.416 e. The molecule has 0 aliphatic carbocycles. The molecule has 24 heavy (non-hydrogen) atoms. The smallest absolute Gasteiger partial charge is 0.416 e. The second-order valence-corrected chi connectivity index (χ2v) is 5.11. The van der Waals surface area contributed by atoms with Crippen LogP contribution < -0.4 is 0 Å². The minimum atomic E-state index is -4.44. The third-order valence-electron chi connectivity index (χ3n) is 3.66. The number of halogens is 3. The predicted octanol–water partition coefficient (Wildman–Crippen LogP) is 3.68. The van der Waals surface area contributed by atoms with Gasteiger partial charge in [-0.15, -0.1) is 0 Å². The number of carboxylic acids is 1. The number of hydrogen-bond donors (Lipinski definition) is 1. The molecule has 1 aromatic carbocycles. The summed E-state index contributed by atoms with van der Waals surface area (Å²) in [6.45, 7) is 1.79. The number of rotatable bonds is 3. The molecule has 0 fully saturated rings. The summed E-state index contributed by atoms with van der Waals surface area (Å²) in [6, 6.07) is 4.39. The van der Waals surface area contributed by atoms with E-state index in [4.69, 9.17) is 0 Å². The number of aryl methyl sites for hydroxylation is 1. The summed E-state index contributed by atoms with van der Waals surface area (Å²) in [5, 5.41) is 9.37. The van der Waals surface area contributed by atoms with Gasteiger partial charge in [0.1, 0.15) is 5.69 Å². The van der Waals surface area contributed by atoms with Crippen molar-refractivity contribution < 1.29 is 23.1 Å². The number of carbonyl (C=O) groups is 1. The van der Waals surface area contributed by atoms with Gasteiger partial charge in [-0.3, -0.25) is 4.40 Å². The largest absolute Gasteiger partial charge is 0.476 e. The van der Waals surface area contributed by atoms with Crippen LogP contribution in [0.3, 0.4) is 0 Å². The summed E-state index contributed by atoms with van der Waals surface area (Å²) in [5.74, 6) is -1.20. The first-order chi connectivity index (χ1) is 11.3. The number of fused-ring (bicyclic) bond motifs is 1. The molecule has 0 radical (unpaired) electrons. The quantitative estimate of drug-likeness (QED) is 0.793. The second-order valence-electron chi connectivity index (χ2n) is 5.11. The molecular weight excluding hydrogens is 323 g/mol. The molecule has 0 aliphatic rings. The Morgan fingerprint density at radius 2 is 1.92 bits per heavy atom. The Labute approximate surface area is 134 Å². The van der Waals surface area contributed by atoms with E-state index in [-0.39, 0.29) is 11.4 Å². The van der Waals surface area contributed by atoms with Crippen molar-refractivity contribution in [3.63, 3.8) is 0 Å². The molecule has 0 atom stereocenters. The van der Waals surface area contributed by atoms with Crippen LogP contribution in [0.5, 0.6) is 0 Å². The summed E-state index contributed by atoms with van der Waals surface area (Å²) >= 11 is 0. The van der Waals surface area contributed by atoms with E-state index in [1.54, 1.807) is 17.5 Å². The van der Waals surface area contributed by atoms with Gasteiger partial charge < -0.3 is 5.11 Å². The van der Waals surface area contributed by atoms with Crippen LogP contribution in [-0.4, -0.2) is 25.4 Å². The first-order valence-corrected chi connectivity index (χ1v) is 7.09. The molecule has 0 saturated carbocycles. The number of aromatic nitrogens is 3. The predicted molar refractivity (Wildman–Crippen MR) is 79.8 cm³/mol. The summed E-state index contributed by atoms with van der Waals surface area (Å²) in [5.41, 5.74) is 0.544. The lowest BCUT2D eigenvalue weighted by Crippen LogP contribution is -2.12. The van der Waals surface area contributed by atoms with E-state index in [9.17, 15) is 23.1 Å². The molecule has 124 valence electrons. The summed E-state index contributed by atoms with van der Waals surface area (Å²) in [4.78, 5) is 19.8. The summed E-state index contributed by atoms with van der Waals surface area (Å²) in [6.07, 6.45) is -0.910. The maximum absolute atomic E-state index is 12.7. The number of aromatic carboxylic acids is 1. The van der Waals surface area contributed by atoms with Gasteiger partial charge in [-0.05, 0) is 18.6 Å². The van der Waals surface area contributed by atoms with Crippen molar-refractivity contribution in [2.75, 3.05) is 0 Å². The van der Waals surface area contributed by atoms with Gasteiger partial charge in [-0.2, -0.15) is 13.2 Å². The van der Waals surface area contributed by atoms with Crippen LogP contribution in [0.1, 0.15) is 28.7 Å². The Kier molecular flexibility index (Phi) is 3.75. The molecule has 0 unspecified atom stereocenters. The van der Waals surface area contributed by atoms with Gasteiger partial charge in [0.15, 0.2) is 11.3 Å². The molecule has 0 spiro atoms. The zero-order valence-corrected chi connectivity index (χ0v) is 12.5. The molecule has 1 N–H and O–H groups in total. The molecule has 0 aliphatic heterocycles. The fourth-order valence-electron chi connectivity index (χ4n) is 2.56. The number of carboxylic acid groups (broad SMARTS) is 1. The fraction of sp³-hybridized carbons (Fsp3) is 0.188. The molecule has 2 heterocycles. The van der Waals surface area contributed by atoms with E-state index in [2.05, 4.69) is 9.97 Å². The highest BCUT2D eigenvalue weighted by atomic mass is 19.4. The zero-order valence-electron chi connectivity index (χ0n) is 12.5. The van der Waals surface area contributed by atoms with Crippen LogP contribution in [0.25, 0.3) is 16.9 Å². The van der Waals surface area contributed by atoms with Gasteiger partial charge in [-0.1, -0.05) is 19.1 Å². The van der Waals surface area contributed by atoms with Crippen LogP contribution in [-0.2, 0) is 12.6 Å². The zero-order chi connectivity index (χ0) is 17.5. The van der Waals surface area contributed by atoms with Crippen molar-refractivity contribution in [1.29, 1.82) is 0 Å². The Hall–Kier alpha value is -2.90. The van der Waals surface area contributed by atoms with Crippen LogP contribution in [0.4, 0.5) is 13.2 Å². The van der Waals surface area contributed by atoms with E-state index in [0.717, 1.165) is 12.1 Å². The van der Waals surface area contributed by atoms with E-state index in [1.165, 1.54) is 18.3 Å². The number of benzene rings is 1. The van der Waals surface area contributed by atoms with Crippen molar-refractivity contribution >= 4 is 11.6 Å². The van der Waals surface area contributed by atoms with Crippen molar-refractivity contribution in [2.24, 2.45) is 0 Å². The number of nitrogens with zero attached hydrogens (tertiary/aromatic N) is 3. The van der Waals surface area contributed by atoms with Crippen molar-refractivity contribution in [3.8, 4) is 11.3 Å². The third kappa shape index (κ3) is 2.60. The van der Waals surface area contributed by atoms with Gasteiger partial charge in [0, 0.05) is 18.0 Å².